The number of rotatable bonds is 4. The van der Waals surface area contributed by atoms with Gasteiger partial charge in [-0.25, -0.2) is 0 Å². The van der Waals surface area contributed by atoms with E-state index in [2.05, 4.69) is 24.5 Å². The standard InChI is InChI=1S/C11H21N3O2/c1-11(2)5-3-6-13-9(11)10(16)14-7-4-8(12)15/h9,13H,3-7H2,1-2H3,(H2,12,15)(H,14,16). The van der Waals surface area contributed by atoms with Crippen LogP contribution in [0.4, 0.5) is 0 Å². The van der Waals surface area contributed by atoms with Crippen molar-refractivity contribution in [3.8, 4) is 0 Å². The normalized spacial score (nSPS) is 23.8. The van der Waals surface area contributed by atoms with Crippen molar-refractivity contribution in [3.63, 3.8) is 0 Å². The Hall–Kier alpha value is -1.10. The molecule has 1 rings (SSSR count). The molecule has 1 saturated heterocycles. The highest BCUT2D eigenvalue weighted by Gasteiger charge is 2.36. The van der Waals surface area contributed by atoms with Gasteiger partial charge in [0.15, 0.2) is 0 Å². The predicted octanol–water partition coefficient (Wildman–Crippen LogP) is -0.244. The molecule has 0 spiro atoms. The number of nitrogens with two attached hydrogens (primary N) is 1. The van der Waals surface area contributed by atoms with E-state index in [0.29, 0.717) is 6.54 Å². The van der Waals surface area contributed by atoms with Gasteiger partial charge >= 0.3 is 0 Å². The SMILES string of the molecule is CC1(C)CCCNC1C(=O)NCCC(N)=O. The van der Waals surface area contributed by atoms with Crippen molar-refractivity contribution < 1.29 is 9.59 Å². The molecule has 1 heterocycles. The zero-order chi connectivity index (χ0) is 12.2. The number of primary amides is 1. The summed E-state index contributed by atoms with van der Waals surface area (Å²) in [6.07, 6.45) is 2.32. The van der Waals surface area contributed by atoms with Crippen molar-refractivity contribution in [2.24, 2.45) is 11.1 Å². The Balaban J connectivity index is 2.42. The molecule has 0 aromatic heterocycles. The minimum atomic E-state index is -0.392. The van der Waals surface area contributed by atoms with Crippen LogP contribution >= 0.6 is 0 Å². The van der Waals surface area contributed by atoms with E-state index in [-0.39, 0.29) is 23.8 Å². The topological polar surface area (TPSA) is 84.2 Å². The predicted molar refractivity (Wildman–Crippen MR) is 61.6 cm³/mol. The fourth-order valence-corrected chi connectivity index (χ4v) is 2.07. The van der Waals surface area contributed by atoms with Crippen LogP contribution in [0, 0.1) is 5.41 Å². The van der Waals surface area contributed by atoms with Crippen LogP contribution in [0.25, 0.3) is 0 Å². The average molecular weight is 227 g/mol. The van der Waals surface area contributed by atoms with Crippen LogP contribution in [0.2, 0.25) is 0 Å². The number of nitrogens with one attached hydrogen (secondary N) is 2. The van der Waals surface area contributed by atoms with Crippen LogP contribution in [0.5, 0.6) is 0 Å². The van der Waals surface area contributed by atoms with Crippen molar-refractivity contribution in [2.75, 3.05) is 13.1 Å². The Morgan fingerprint density at radius 1 is 1.50 bits per heavy atom. The summed E-state index contributed by atoms with van der Waals surface area (Å²) in [5, 5.41) is 5.96. The lowest BCUT2D eigenvalue weighted by molar-refractivity contribution is -0.126. The molecule has 16 heavy (non-hydrogen) atoms. The minimum Gasteiger partial charge on any atom is -0.370 e. The summed E-state index contributed by atoms with van der Waals surface area (Å²) in [6.45, 7) is 5.36. The summed E-state index contributed by atoms with van der Waals surface area (Å²) < 4.78 is 0. The molecule has 0 radical (unpaired) electrons. The maximum atomic E-state index is 11.9. The highest BCUT2D eigenvalue weighted by Crippen LogP contribution is 2.29. The number of hydrogen-bond acceptors (Lipinski definition) is 3. The molecule has 0 aromatic rings. The number of piperidine rings is 1. The van der Waals surface area contributed by atoms with Crippen LogP contribution in [-0.4, -0.2) is 30.9 Å². The fraction of sp³-hybridized carbons (Fsp3) is 0.818. The van der Waals surface area contributed by atoms with E-state index >= 15 is 0 Å². The molecule has 5 nitrogen and oxygen atoms in total. The first-order chi connectivity index (χ1) is 7.43. The summed E-state index contributed by atoms with van der Waals surface area (Å²) in [5.41, 5.74) is 4.97. The monoisotopic (exact) mass is 227 g/mol. The molecule has 0 bridgehead atoms. The molecule has 1 aliphatic heterocycles. The van der Waals surface area contributed by atoms with Crippen molar-refractivity contribution in [1.29, 1.82) is 0 Å². The zero-order valence-corrected chi connectivity index (χ0v) is 10.0. The van der Waals surface area contributed by atoms with E-state index in [1.807, 2.05) is 0 Å². The minimum absolute atomic E-state index is 0.0327. The van der Waals surface area contributed by atoms with Crippen LogP contribution < -0.4 is 16.4 Å². The lowest BCUT2D eigenvalue weighted by Gasteiger charge is -2.38. The van der Waals surface area contributed by atoms with Crippen LogP contribution in [0.1, 0.15) is 33.1 Å². The van der Waals surface area contributed by atoms with Gasteiger partial charge in [-0.3, -0.25) is 9.59 Å². The van der Waals surface area contributed by atoms with Gasteiger partial charge in [0.25, 0.3) is 0 Å². The first-order valence-electron chi connectivity index (χ1n) is 5.73. The van der Waals surface area contributed by atoms with Crippen molar-refractivity contribution in [3.05, 3.63) is 0 Å². The molecule has 2 amide bonds. The number of amides is 2. The highest BCUT2D eigenvalue weighted by atomic mass is 16.2. The number of hydrogen-bond donors (Lipinski definition) is 3. The molecule has 5 heteroatoms. The quantitative estimate of drug-likeness (QED) is 0.619. The van der Waals surface area contributed by atoms with Gasteiger partial charge in [-0.2, -0.15) is 0 Å². The first-order valence-corrected chi connectivity index (χ1v) is 5.73. The Bertz CT molecular complexity index is 276. The molecule has 4 N–H and O–H groups in total. The van der Waals surface area contributed by atoms with E-state index in [1.165, 1.54) is 0 Å². The smallest absolute Gasteiger partial charge is 0.237 e. The van der Waals surface area contributed by atoms with Gasteiger partial charge in [0, 0.05) is 13.0 Å². The molecular weight excluding hydrogens is 206 g/mol. The second-order valence-electron chi connectivity index (χ2n) is 4.99. The lowest BCUT2D eigenvalue weighted by Crippen LogP contribution is -2.55. The van der Waals surface area contributed by atoms with Gasteiger partial charge in [0.1, 0.15) is 0 Å². The summed E-state index contributed by atoms with van der Waals surface area (Å²) >= 11 is 0. The molecule has 0 saturated carbocycles. The fourth-order valence-electron chi connectivity index (χ4n) is 2.07. The van der Waals surface area contributed by atoms with Gasteiger partial charge in [0.05, 0.1) is 6.04 Å². The molecule has 92 valence electrons. The maximum absolute atomic E-state index is 11.9. The van der Waals surface area contributed by atoms with Crippen molar-refractivity contribution >= 4 is 11.8 Å². The first kappa shape index (κ1) is 13.0. The molecule has 1 unspecified atom stereocenters. The Kier molecular flexibility index (Phi) is 4.29. The summed E-state index contributed by atoms with van der Waals surface area (Å²) in [7, 11) is 0. The number of carbonyl (C=O) groups is 2. The summed E-state index contributed by atoms with van der Waals surface area (Å²) in [6, 6.07) is -0.172. The highest BCUT2D eigenvalue weighted by molar-refractivity contribution is 5.83. The molecule has 0 aliphatic carbocycles. The third-order valence-corrected chi connectivity index (χ3v) is 3.06. The zero-order valence-electron chi connectivity index (χ0n) is 10.0. The van der Waals surface area contributed by atoms with Crippen LogP contribution in [-0.2, 0) is 9.59 Å². The van der Waals surface area contributed by atoms with Crippen LogP contribution in [0.3, 0.4) is 0 Å². The molecule has 1 atom stereocenters. The second-order valence-corrected chi connectivity index (χ2v) is 4.99. The number of carbonyl (C=O) groups excluding carboxylic acids is 2. The van der Waals surface area contributed by atoms with E-state index in [9.17, 15) is 9.59 Å². The summed E-state index contributed by atoms with van der Waals surface area (Å²) in [5.74, 6) is -0.429. The van der Waals surface area contributed by atoms with E-state index < -0.39 is 5.91 Å². The van der Waals surface area contributed by atoms with Gasteiger partial charge in [0.2, 0.25) is 11.8 Å². The third-order valence-electron chi connectivity index (χ3n) is 3.06. The molecular formula is C11H21N3O2. The van der Waals surface area contributed by atoms with Gasteiger partial charge in [-0.1, -0.05) is 13.8 Å². The van der Waals surface area contributed by atoms with Gasteiger partial charge < -0.3 is 16.4 Å². The van der Waals surface area contributed by atoms with E-state index in [4.69, 9.17) is 5.73 Å². The largest absolute Gasteiger partial charge is 0.370 e. The average Bonchev–Trinajstić information content (AvgIpc) is 2.16. The molecule has 1 aliphatic rings. The van der Waals surface area contributed by atoms with E-state index in [0.717, 1.165) is 19.4 Å². The molecule has 0 aromatic carbocycles. The molecule has 1 fully saturated rings. The lowest BCUT2D eigenvalue weighted by atomic mass is 9.77. The van der Waals surface area contributed by atoms with Crippen molar-refractivity contribution in [2.45, 2.75) is 39.2 Å². The van der Waals surface area contributed by atoms with Gasteiger partial charge in [-0.05, 0) is 24.8 Å². The maximum Gasteiger partial charge on any atom is 0.237 e. The van der Waals surface area contributed by atoms with Crippen molar-refractivity contribution in [1.82, 2.24) is 10.6 Å². The Morgan fingerprint density at radius 2 is 2.19 bits per heavy atom. The van der Waals surface area contributed by atoms with Crippen LogP contribution in [0.15, 0.2) is 0 Å². The van der Waals surface area contributed by atoms with Gasteiger partial charge in [-0.15, -0.1) is 0 Å². The third kappa shape index (κ3) is 3.48. The second kappa shape index (κ2) is 5.30. The summed E-state index contributed by atoms with van der Waals surface area (Å²) in [4.78, 5) is 22.4. The van der Waals surface area contributed by atoms with E-state index in [1.54, 1.807) is 0 Å². The Labute approximate surface area is 96.1 Å². The Morgan fingerprint density at radius 3 is 2.75 bits per heavy atom.